The van der Waals surface area contributed by atoms with Crippen LogP contribution in [-0.2, 0) is 17.0 Å². The first-order valence-electron chi connectivity index (χ1n) is 8.01. The van der Waals surface area contributed by atoms with E-state index in [4.69, 9.17) is 17.3 Å². The first-order chi connectivity index (χ1) is 13.0. The van der Waals surface area contributed by atoms with E-state index in [0.717, 1.165) is 15.7 Å². The SMILES string of the molecule is NC(=O)c1ccccc1NC(=O)Cc1csc(SCc2cccc(Cl)c2)n1. The minimum atomic E-state index is -0.584. The number of rotatable bonds is 7. The number of thiazole rings is 1. The van der Waals surface area contributed by atoms with Gasteiger partial charge in [0, 0.05) is 16.2 Å². The number of hydrogen-bond donors (Lipinski definition) is 2. The summed E-state index contributed by atoms with van der Waals surface area (Å²) in [6.07, 6.45) is 0.126. The van der Waals surface area contributed by atoms with Crippen LogP contribution >= 0.6 is 34.7 Å². The molecule has 5 nitrogen and oxygen atoms in total. The summed E-state index contributed by atoms with van der Waals surface area (Å²) in [7, 11) is 0. The number of halogens is 1. The van der Waals surface area contributed by atoms with Crippen molar-refractivity contribution >= 4 is 52.2 Å². The molecular formula is C19H16ClN3O2S2. The summed E-state index contributed by atoms with van der Waals surface area (Å²) in [5.41, 5.74) is 7.81. The number of nitrogens with zero attached hydrogens (tertiary/aromatic N) is 1. The van der Waals surface area contributed by atoms with Crippen LogP contribution in [0.3, 0.4) is 0 Å². The van der Waals surface area contributed by atoms with Crippen LogP contribution in [0.4, 0.5) is 5.69 Å². The maximum atomic E-state index is 12.3. The van der Waals surface area contributed by atoms with E-state index in [1.54, 1.807) is 36.0 Å². The third-order valence-electron chi connectivity index (χ3n) is 3.59. The molecule has 27 heavy (non-hydrogen) atoms. The van der Waals surface area contributed by atoms with Crippen molar-refractivity contribution in [3.8, 4) is 0 Å². The Labute approximate surface area is 170 Å². The second-order valence-electron chi connectivity index (χ2n) is 5.66. The van der Waals surface area contributed by atoms with Crippen molar-refractivity contribution in [2.24, 2.45) is 5.73 Å². The highest BCUT2D eigenvalue weighted by atomic mass is 35.5. The molecule has 0 bridgehead atoms. The number of thioether (sulfide) groups is 1. The summed E-state index contributed by atoms with van der Waals surface area (Å²) in [5.74, 6) is -0.0780. The van der Waals surface area contributed by atoms with E-state index in [0.29, 0.717) is 16.4 Å². The fraction of sp³-hybridized carbons (Fsp3) is 0.105. The number of benzene rings is 2. The van der Waals surface area contributed by atoms with Crippen LogP contribution in [0, 0.1) is 0 Å². The average molecular weight is 418 g/mol. The largest absolute Gasteiger partial charge is 0.366 e. The second kappa shape index (κ2) is 9.03. The third kappa shape index (κ3) is 5.56. The Hall–Kier alpha value is -2.35. The molecule has 3 rings (SSSR count). The molecule has 3 N–H and O–H groups in total. The first kappa shape index (κ1) is 19.4. The summed E-state index contributed by atoms with van der Waals surface area (Å²) in [6, 6.07) is 14.3. The normalized spacial score (nSPS) is 10.6. The topological polar surface area (TPSA) is 85.1 Å². The molecule has 0 fully saturated rings. The molecule has 1 aromatic heterocycles. The number of carbonyl (C=O) groups is 2. The van der Waals surface area contributed by atoms with Crippen molar-refractivity contribution in [2.45, 2.75) is 16.5 Å². The molecule has 0 unspecified atom stereocenters. The Bertz CT molecular complexity index is 975. The lowest BCUT2D eigenvalue weighted by atomic mass is 10.1. The van der Waals surface area contributed by atoms with Gasteiger partial charge in [0.2, 0.25) is 5.91 Å². The maximum Gasteiger partial charge on any atom is 0.250 e. The van der Waals surface area contributed by atoms with Crippen LogP contribution in [0.25, 0.3) is 0 Å². The van der Waals surface area contributed by atoms with Crippen LogP contribution in [0.1, 0.15) is 21.6 Å². The molecule has 0 aliphatic carbocycles. The molecule has 0 aliphatic rings. The van der Waals surface area contributed by atoms with Crippen LogP contribution in [0.5, 0.6) is 0 Å². The van der Waals surface area contributed by atoms with Gasteiger partial charge in [-0.05, 0) is 29.8 Å². The Morgan fingerprint density at radius 1 is 1.19 bits per heavy atom. The van der Waals surface area contributed by atoms with Crippen LogP contribution in [-0.4, -0.2) is 16.8 Å². The Balaban J connectivity index is 1.57. The lowest BCUT2D eigenvalue weighted by Gasteiger charge is -2.07. The number of aromatic nitrogens is 1. The van der Waals surface area contributed by atoms with Crippen molar-refractivity contribution in [3.63, 3.8) is 0 Å². The minimum absolute atomic E-state index is 0.126. The predicted octanol–water partition coefficient (Wildman–Crippen LogP) is 4.37. The number of carbonyl (C=O) groups excluding carboxylic acids is 2. The molecule has 0 radical (unpaired) electrons. The van der Waals surface area contributed by atoms with Crippen LogP contribution in [0.2, 0.25) is 5.02 Å². The Morgan fingerprint density at radius 2 is 2.00 bits per heavy atom. The quantitative estimate of drug-likeness (QED) is 0.559. The van der Waals surface area contributed by atoms with Gasteiger partial charge in [-0.15, -0.1) is 11.3 Å². The fourth-order valence-corrected chi connectivity index (χ4v) is 4.37. The molecular weight excluding hydrogens is 402 g/mol. The van der Waals surface area contributed by atoms with Gasteiger partial charge in [0.15, 0.2) is 0 Å². The predicted molar refractivity (Wildman–Crippen MR) is 110 cm³/mol. The molecule has 1 heterocycles. The number of hydrogen-bond acceptors (Lipinski definition) is 5. The summed E-state index contributed by atoms with van der Waals surface area (Å²) in [6.45, 7) is 0. The van der Waals surface area contributed by atoms with E-state index in [-0.39, 0.29) is 17.9 Å². The van der Waals surface area contributed by atoms with E-state index in [9.17, 15) is 9.59 Å². The van der Waals surface area contributed by atoms with E-state index >= 15 is 0 Å². The van der Waals surface area contributed by atoms with Gasteiger partial charge in [-0.1, -0.05) is 47.6 Å². The molecule has 0 saturated heterocycles. The Morgan fingerprint density at radius 3 is 2.78 bits per heavy atom. The van der Waals surface area contributed by atoms with Crippen molar-refractivity contribution in [1.29, 1.82) is 0 Å². The molecule has 3 aromatic rings. The molecule has 0 spiro atoms. The molecule has 2 aromatic carbocycles. The van der Waals surface area contributed by atoms with Gasteiger partial charge in [-0.3, -0.25) is 9.59 Å². The van der Waals surface area contributed by atoms with Gasteiger partial charge in [-0.25, -0.2) is 4.98 Å². The lowest BCUT2D eigenvalue weighted by molar-refractivity contribution is -0.115. The summed E-state index contributed by atoms with van der Waals surface area (Å²) in [4.78, 5) is 28.2. The van der Waals surface area contributed by atoms with Crippen LogP contribution < -0.4 is 11.1 Å². The standard InChI is InChI=1S/C19H16ClN3O2S2/c20-13-5-3-4-12(8-13)10-26-19-22-14(11-27-19)9-17(24)23-16-7-2-1-6-15(16)18(21)25/h1-8,11H,9-10H2,(H2,21,25)(H,23,24). The van der Waals surface area contributed by atoms with E-state index in [1.165, 1.54) is 11.3 Å². The number of nitrogens with one attached hydrogen (secondary N) is 1. The van der Waals surface area contributed by atoms with Gasteiger partial charge in [0.05, 0.1) is 23.4 Å². The molecule has 0 atom stereocenters. The summed E-state index contributed by atoms with van der Waals surface area (Å²) >= 11 is 9.08. The van der Waals surface area contributed by atoms with Crippen molar-refractivity contribution in [1.82, 2.24) is 4.98 Å². The van der Waals surface area contributed by atoms with Gasteiger partial charge in [-0.2, -0.15) is 0 Å². The number of para-hydroxylation sites is 1. The molecule has 8 heteroatoms. The van der Waals surface area contributed by atoms with E-state index < -0.39 is 5.91 Å². The average Bonchev–Trinajstić information content (AvgIpc) is 3.07. The second-order valence-corrected chi connectivity index (χ2v) is 8.18. The van der Waals surface area contributed by atoms with E-state index in [2.05, 4.69) is 10.3 Å². The zero-order chi connectivity index (χ0) is 19.2. The molecule has 0 saturated carbocycles. The summed E-state index contributed by atoms with van der Waals surface area (Å²) in [5, 5.41) is 5.29. The Kier molecular flexibility index (Phi) is 6.49. The van der Waals surface area contributed by atoms with E-state index in [1.807, 2.05) is 29.6 Å². The van der Waals surface area contributed by atoms with Gasteiger partial charge in [0.1, 0.15) is 4.34 Å². The van der Waals surface area contributed by atoms with Gasteiger partial charge < -0.3 is 11.1 Å². The van der Waals surface area contributed by atoms with Crippen LogP contribution in [0.15, 0.2) is 58.3 Å². The number of primary amides is 1. The number of anilines is 1. The monoisotopic (exact) mass is 417 g/mol. The molecule has 138 valence electrons. The highest BCUT2D eigenvalue weighted by molar-refractivity contribution is 8.00. The van der Waals surface area contributed by atoms with Crippen molar-refractivity contribution in [2.75, 3.05) is 5.32 Å². The van der Waals surface area contributed by atoms with Gasteiger partial charge in [0.25, 0.3) is 5.91 Å². The zero-order valence-electron chi connectivity index (χ0n) is 14.1. The molecule has 2 amide bonds. The number of nitrogens with two attached hydrogens (primary N) is 1. The zero-order valence-corrected chi connectivity index (χ0v) is 16.5. The lowest BCUT2D eigenvalue weighted by Crippen LogP contribution is -2.19. The van der Waals surface area contributed by atoms with Gasteiger partial charge >= 0.3 is 0 Å². The number of amides is 2. The highest BCUT2D eigenvalue weighted by Gasteiger charge is 2.12. The fourth-order valence-electron chi connectivity index (χ4n) is 2.37. The van der Waals surface area contributed by atoms with Crippen molar-refractivity contribution < 1.29 is 9.59 Å². The van der Waals surface area contributed by atoms with Crippen molar-refractivity contribution in [3.05, 3.63) is 75.8 Å². The maximum absolute atomic E-state index is 12.3. The highest BCUT2D eigenvalue weighted by Crippen LogP contribution is 2.27. The minimum Gasteiger partial charge on any atom is -0.366 e. The third-order valence-corrected chi connectivity index (χ3v) is 5.97. The summed E-state index contributed by atoms with van der Waals surface area (Å²) < 4.78 is 0.885. The smallest absolute Gasteiger partial charge is 0.250 e. The first-order valence-corrected chi connectivity index (χ1v) is 10.3. The molecule has 0 aliphatic heterocycles.